The van der Waals surface area contributed by atoms with Gasteiger partial charge in [-0.2, -0.15) is 0 Å². The zero-order valence-corrected chi connectivity index (χ0v) is 12.2. The van der Waals surface area contributed by atoms with Gasteiger partial charge < -0.3 is 10.6 Å². The number of nitrogens with one attached hydrogen (secondary N) is 3. The van der Waals surface area contributed by atoms with Crippen LogP contribution >= 0.6 is 0 Å². The van der Waals surface area contributed by atoms with Crippen LogP contribution in [0.4, 0.5) is 11.4 Å². The van der Waals surface area contributed by atoms with E-state index in [2.05, 4.69) is 15.4 Å². The van der Waals surface area contributed by atoms with Gasteiger partial charge in [0.2, 0.25) is 15.9 Å². The average Bonchev–Trinajstić information content (AvgIpc) is 2.39. The predicted molar refractivity (Wildman–Crippen MR) is 79.2 cm³/mol. The number of carbonyl (C=O) groups is 1. The fourth-order valence-corrected chi connectivity index (χ4v) is 3.63. The first-order chi connectivity index (χ1) is 9.47. The summed E-state index contributed by atoms with van der Waals surface area (Å²) in [4.78, 5) is 11.0. The van der Waals surface area contributed by atoms with E-state index in [1.807, 2.05) is 0 Å². The maximum Gasteiger partial charge on any atom is 0.236 e. The lowest BCUT2D eigenvalue weighted by molar-refractivity contribution is -0.114. The zero-order chi connectivity index (χ0) is 14.6. The van der Waals surface area contributed by atoms with Crippen LogP contribution in [-0.2, 0) is 14.8 Å². The van der Waals surface area contributed by atoms with E-state index in [9.17, 15) is 13.2 Å². The highest BCUT2D eigenvalue weighted by Crippen LogP contribution is 2.19. The van der Waals surface area contributed by atoms with Crippen LogP contribution in [-0.4, -0.2) is 32.7 Å². The first-order valence-electron chi connectivity index (χ1n) is 6.57. The molecule has 6 nitrogen and oxygen atoms in total. The SMILES string of the molecule is CC(=O)Nc1cccc(NS(=O)(=O)C2CCCNC2)c1. The van der Waals surface area contributed by atoms with Gasteiger partial charge in [-0.05, 0) is 37.6 Å². The third kappa shape index (κ3) is 3.94. The minimum atomic E-state index is -3.41. The van der Waals surface area contributed by atoms with Crippen LogP contribution in [0.3, 0.4) is 0 Å². The van der Waals surface area contributed by atoms with Crippen LogP contribution in [0.2, 0.25) is 0 Å². The molecule has 1 aliphatic rings. The van der Waals surface area contributed by atoms with Crippen molar-refractivity contribution < 1.29 is 13.2 Å². The van der Waals surface area contributed by atoms with Crippen molar-refractivity contribution in [3.63, 3.8) is 0 Å². The summed E-state index contributed by atoms with van der Waals surface area (Å²) in [5.41, 5.74) is 1.03. The Labute approximate surface area is 119 Å². The average molecular weight is 297 g/mol. The number of amides is 1. The summed E-state index contributed by atoms with van der Waals surface area (Å²) in [6.45, 7) is 2.75. The highest BCUT2D eigenvalue weighted by molar-refractivity contribution is 7.93. The molecule has 2 rings (SSSR count). The molecular weight excluding hydrogens is 278 g/mol. The first-order valence-corrected chi connectivity index (χ1v) is 8.12. The Morgan fingerprint density at radius 3 is 2.75 bits per heavy atom. The molecule has 0 aliphatic carbocycles. The van der Waals surface area contributed by atoms with Crippen LogP contribution in [0.25, 0.3) is 0 Å². The van der Waals surface area contributed by atoms with Gasteiger partial charge in [0.05, 0.1) is 10.9 Å². The lowest BCUT2D eigenvalue weighted by Crippen LogP contribution is -2.41. The normalized spacial score (nSPS) is 19.4. The third-order valence-corrected chi connectivity index (χ3v) is 4.93. The molecule has 110 valence electrons. The molecule has 1 atom stereocenters. The molecule has 0 spiro atoms. The highest BCUT2D eigenvalue weighted by atomic mass is 32.2. The Bertz CT molecular complexity index is 580. The van der Waals surface area contributed by atoms with Crippen molar-refractivity contribution in [3.8, 4) is 0 Å². The van der Waals surface area contributed by atoms with E-state index >= 15 is 0 Å². The highest BCUT2D eigenvalue weighted by Gasteiger charge is 2.27. The fraction of sp³-hybridized carbons (Fsp3) is 0.462. The number of hydrogen-bond donors (Lipinski definition) is 3. The summed E-state index contributed by atoms with van der Waals surface area (Å²) < 4.78 is 27.1. The molecule has 3 N–H and O–H groups in total. The molecule has 1 heterocycles. The van der Waals surface area contributed by atoms with E-state index in [0.29, 0.717) is 24.3 Å². The standard InChI is InChI=1S/C13H19N3O3S/c1-10(17)15-11-4-2-5-12(8-11)16-20(18,19)13-6-3-7-14-9-13/h2,4-5,8,13-14,16H,3,6-7,9H2,1H3,(H,15,17). The molecule has 1 fully saturated rings. The van der Waals surface area contributed by atoms with E-state index < -0.39 is 15.3 Å². The van der Waals surface area contributed by atoms with Gasteiger partial charge in [-0.1, -0.05) is 6.07 Å². The second-order valence-electron chi connectivity index (χ2n) is 4.88. The molecule has 0 bridgehead atoms. The van der Waals surface area contributed by atoms with Gasteiger partial charge in [0.25, 0.3) is 0 Å². The van der Waals surface area contributed by atoms with Crippen LogP contribution in [0.1, 0.15) is 19.8 Å². The quantitative estimate of drug-likeness (QED) is 0.777. The summed E-state index contributed by atoms with van der Waals surface area (Å²) in [6, 6.07) is 6.68. The number of rotatable bonds is 4. The number of anilines is 2. The summed E-state index contributed by atoms with van der Waals surface area (Å²) >= 11 is 0. The van der Waals surface area contributed by atoms with Gasteiger partial charge >= 0.3 is 0 Å². The second kappa shape index (κ2) is 6.23. The van der Waals surface area contributed by atoms with Gasteiger partial charge in [-0.25, -0.2) is 8.42 Å². The van der Waals surface area contributed by atoms with E-state index in [0.717, 1.165) is 13.0 Å². The predicted octanol–water partition coefficient (Wildman–Crippen LogP) is 1.14. The summed E-state index contributed by atoms with van der Waals surface area (Å²) in [6.07, 6.45) is 1.52. The van der Waals surface area contributed by atoms with E-state index in [1.165, 1.54) is 6.92 Å². The first kappa shape index (κ1) is 14.8. The number of carbonyl (C=O) groups excluding carboxylic acids is 1. The molecule has 1 aliphatic heterocycles. The van der Waals surface area contributed by atoms with Gasteiger partial charge in [0, 0.05) is 19.2 Å². The Kier molecular flexibility index (Phi) is 4.61. The van der Waals surface area contributed by atoms with Crippen LogP contribution in [0.15, 0.2) is 24.3 Å². The third-order valence-electron chi connectivity index (χ3n) is 3.13. The van der Waals surface area contributed by atoms with Crippen molar-refractivity contribution in [1.29, 1.82) is 0 Å². The molecule has 7 heteroatoms. The Morgan fingerprint density at radius 2 is 2.10 bits per heavy atom. The van der Waals surface area contributed by atoms with E-state index in [4.69, 9.17) is 0 Å². The number of hydrogen-bond acceptors (Lipinski definition) is 4. The Balaban J connectivity index is 2.10. The monoisotopic (exact) mass is 297 g/mol. The van der Waals surface area contributed by atoms with Gasteiger partial charge in [-0.15, -0.1) is 0 Å². The smallest absolute Gasteiger partial charge is 0.236 e. The van der Waals surface area contributed by atoms with Gasteiger partial charge in [-0.3, -0.25) is 9.52 Å². The molecule has 1 saturated heterocycles. The van der Waals surface area contributed by atoms with Crippen LogP contribution < -0.4 is 15.4 Å². The van der Waals surface area contributed by atoms with Crippen LogP contribution in [0.5, 0.6) is 0 Å². The lowest BCUT2D eigenvalue weighted by Gasteiger charge is -2.23. The van der Waals surface area contributed by atoms with Gasteiger partial charge in [0.15, 0.2) is 0 Å². The maximum atomic E-state index is 12.3. The number of sulfonamides is 1. The lowest BCUT2D eigenvalue weighted by atomic mass is 10.2. The minimum Gasteiger partial charge on any atom is -0.326 e. The molecule has 0 aromatic heterocycles. The van der Waals surface area contributed by atoms with Crippen molar-refractivity contribution in [3.05, 3.63) is 24.3 Å². The minimum absolute atomic E-state index is 0.193. The van der Waals surface area contributed by atoms with Crippen molar-refractivity contribution >= 4 is 27.3 Å². The van der Waals surface area contributed by atoms with Crippen molar-refractivity contribution in [2.24, 2.45) is 0 Å². The topological polar surface area (TPSA) is 87.3 Å². The largest absolute Gasteiger partial charge is 0.326 e. The second-order valence-corrected chi connectivity index (χ2v) is 6.84. The molecule has 1 aromatic carbocycles. The van der Waals surface area contributed by atoms with Crippen molar-refractivity contribution in [2.45, 2.75) is 25.0 Å². The number of piperidine rings is 1. The molecule has 20 heavy (non-hydrogen) atoms. The molecule has 1 unspecified atom stereocenters. The molecule has 0 saturated carbocycles. The number of benzene rings is 1. The fourth-order valence-electron chi connectivity index (χ4n) is 2.20. The zero-order valence-electron chi connectivity index (χ0n) is 11.3. The molecule has 1 aromatic rings. The Hall–Kier alpha value is -1.60. The maximum absolute atomic E-state index is 12.3. The molecule has 1 amide bonds. The van der Waals surface area contributed by atoms with Crippen molar-refractivity contribution in [1.82, 2.24) is 5.32 Å². The Morgan fingerprint density at radius 1 is 1.35 bits per heavy atom. The summed E-state index contributed by atoms with van der Waals surface area (Å²) in [5, 5.41) is 5.30. The molecular formula is C13H19N3O3S. The molecule has 0 radical (unpaired) electrons. The van der Waals surface area contributed by atoms with Gasteiger partial charge in [0.1, 0.15) is 0 Å². The van der Waals surface area contributed by atoms with Crippen LogP contribution in [0, 0.1) is 0 Å². The summed E-state index contributed by atoms with van der Waals surface area (Å²) in [7, 11) is -3.41. The summed E-state index contributed by atoms with van der Waals surface area (Å²) in [5.74, 6) is -0.193. The van der Waals surface area contributed by atoms with Crippen molar-refractivity contribution in [2.75, 3.05) is 23.1 Å². The van der Waals surface area contributed by atoms with E-state index in [-0.39, 0.29) is 5.91 Å². The van der Waals surface area contributed by atoms with E-state index in [1.54, 1.807) is 24.3 Å².